The Balaban J connectivity index is 1.90. The van der Waals surface area contributed by atoms with Gasteiger partial charge in [-0.25, -0.2) is 0 Å². The molecular formula is C17H15N3S. The van der Waals surface area contributed by atoms with Crippen molar-refractivity contribution in [3.8, 4) is 6.07 Å². The molecule has 0 aliphatic carbocycles. The number of nitriles is 1. The van der Waals surface area contributed by atoms with Crippen molar-refractivity contribution in [2.45, 2.75) is 17.6 Å². The Bertz CT molecular complexity index is 843. The predicted octanol–water partition coefficient (Wildman–Crippen LogP) is 3.99. The van der Waals surface area contributed by atoms with Gasteiger partial charge >= 0.3 is 0 Å². The molecule has 3 aromatic rings. The van der Waals surface area contributed by atoms with Gasteiger partial charge in [0.05, 0.1) is 11.1 Å². The van der Waals surface area contributed by atoms with E-state index in [-0.39, 0.29) is 0 Å². The van der Waals surface area contributed by atoms with Crippen molar-refractivity contribution in [3.63, 3.8) is 0 Å². The van der Waals surface area contributed by atoms with E-state index in [9.17, 15) is 5.26 Å². The Morgan fingerprint density at radius 2 is 2.14 bits per heavy atom. The molecule has 2 heterocycles. The van der Waals surface area contributed by atoms with Crippen molar-refractivity contribution < 1.29 is 0 Å². The maximum atomic E-state index is 9.40. The predicted molar refractivity (Wildman–Crippen MR) is 87.3 cm³/mol. The lowest BCUT2D eigenvalue weighted by Crippen LogP contribution is -1.90. The van der Waals surface area contributed by atoms with E-state index in [1.807, 2.05) is 54.0 Å². The summed E-state index contributed by atoms with van der Waals surface area (Å²) >= 11 is 1.66. The maximum Gasteiger partial charge on any atom is 0.102 e. The van der Waals surface area contributed by atoms with Gasteiger partial charge in [-0.3, -0.25) is 0 Å². The van der Waals surface area contributed by atoms with Gasteiger partial charge in [-0.2, -0.15) is 5.26 Å². The highest BCUT2D eigenvalue weighted by Gasteiger charge is 2.11. The normalized spacial score (nSPS) is 10.7. The van der Waals surface area contributed by atoms with Crippen LogP contribution < -0.4 is 5.73 Å². The third-order valence-electron chi connectivity index (χ3n) is 3.42. The Hall–Kier alpha value is -2.38. The molecule has 104 valence electrons. The molecule has 4 heteroatoms. The molecule has 0 bridgehead atoms. The summed E-state index contributed by atoms with van der Waals surface area (Å²) in [6.07, 6.45) is 3.98. The minimum absolute atomic E-state index is 0.734. The summed E-state index contributed by atoms with van der Waals surface area (Å²) < 4.78 is 1.99. The minimum Gasteiger partial charge on any atom is -0.398 e. The van der Waals surface area contributed by atoms with Gasteiger partial charge < -0.3 is 10.1 Å². The molecule has 0 spiro atoms. The van der Waals surface area contributed by atoms with Gasteiger partial charge in [0.2, 0.25) is 0 Å². The van der Waals surface area contributed by atoms with Gasteiger partial charge in [0.25, 0.3) is 0 Å². The molecule has 2 N–H and O–H groups in total. The number of nitrogen functional groups attached to an aromatic ring is 1. The maximum absolute atomic E-state index is 9.40. The van der Waals surface area contributed by atoms with Crippen molar-refractivity contribution in [1.29, 1.82) is 5.26 Å². The van der Waals surface area contributed by atoms with Crippen LogP contribution in [0.2, 0.25) is 0 Å². The Morgan fingerprint density at radius 3 is 2.90 bits per heavy atom. The second-order valence-electron chi connectivity index (χ2n) is 4.96. The van der Waals surface area contributed by atoms with E-state index in [0.29, 0.717) is 0 Å². The summed E-state index contributed by atoms with van der Waals surface area (Å²) in [4.78, 5) is 1.06. The van der Waals surface area contributed by atoms with E-state index < -0.39 is 0 Å². The van der Waals surface area contributed by atoms with E-state index in [1.165, 1.54) is 0 Å². The molecule has 1 aromatic carbocycles. The van der Waals surface area contributed by atoms with Crippen molar-refractivity contribution in [2.75, 3.05) is 5.73 Å². The number of nitrogens with zero attached hydrogens (tertiary/aromatic N) is 2. The highest BCUT2D eigenvalue weighted by Crippen LogP contribution is 2.31. The van der Waals surface area contributed by atoms with Crippen molar-refractivity contribution >= 4 is 23.0 Å². The number of thioether (sulfide) groups is 1. The summed E-state index contributed by atoms with van der Waals surface area (Å²) in [5, 5.41) is 9.40. The molecule has 0 unspecified atom stereocenters. The van der Waals surface area contributed by atoms with Gasteiger partial charge in [-0.1, -0.05) is 12.1 Å². The van der Waals surface area contributed by atoms with E-state index in [0.717, 1.165) is 38.5 Å². The number of hydrogen-bond acceptors (Lipinski definition) is 3. The summed E-state index contributed by atoms with van der Waals surface area (Å²) in [5.41, 5.74) is 10.7. The summed E-state index contributed by atoms with van der Waals surface area (Å²) in [6, 6.07) is 14.3. The number of aromatic nitrogens is 1. The Labute approximate surface area is 128 Å². The van der Waals surface area contributed by atoms with Crippen LogP contribution in [0.15, 0.2) is 53.7 Å². The Kier molecular flexibility index (Phi) is 3.59. The first kappa shape index (κ1) is 13.6. The molecule has 0 atom stereocenters. The lowest BCUT2D eigenvalue weighted by Gasteiger charge is -2.05. The third-order valence-corrected chi connectivity index (χ3v) is 4.56. The van der Waals surface area contributed by atoms with Crippen LogP contribution >= 0.6 is 11.8 Å². The number of nitrogens with two attached hydrogens (primary N) is 1. The molecule has 0 saturated carbocycles. The minimum atomic E-state index is 0.734. The van der Waals surface area contributed by atoms with Crippen LogP contribution in [0.3, 0.4) is 0 Å². The fourth-order valence-corrected chi connectivity index (χ4v) is 3.29. The SMILES string of the molecule is Cc1ccc(SCc2cn3ccccc3c2C#N)c(N)c1. The standard InChI is InChI=1S/C17H15N3S/c1-12-5-6-17(15(19)8-12)21-11-13-10-20-7-3-2-4-16(20)14(13)9-18/h2-8,10H,11,19H2,1H3. The first-order valence-corrected chi connectivity index (χ1v) is 7.65. The number of benzene rings is 1. The molecule has 0 fully saturated rings. The fourth-order valence-electron chi connectivity index (χ4n) is 2.37. The number of rotatable bonds is 3. The smallest absolute Gasteiger partial charge is 0.102 e. The van der Waals surface area contributed by atoms with E-state index in [1.54, 1.807) is 11.8 Å². The third kappa shape index (κ3) is 2.61. The highest BCUT2D eigenvalue weighted by molar-refractivity contribution is 7.98. The van der Waals surface area contributed by atoms with Crippen LogP contribution in [-0.4, -0.2) is 4.40 Å². The molecule has 0 saturated heterocycles. The first-order valence-electron chi connectivity index (χ1n) is 6.66. The molecule has 21 heavy (non-hydrogen) atoms. The van der Waals surface area contributed by atoms with Gasteiger partial charge in [0.1, 0.15) is 6.07 Å². The zero-order valence-corrected chi connectivity index (χ0v) is 12.5. The average Bonchev–Trinajstić information content (AvgIpc) is 2.83. The van der Waals surface area contributed by atoms with Gasteiger partial charge in [0.15, 0.2) is 0 Å². The molecule has 0 aliphatic rings. The number of anilines is 1. The van der Waals surface area contributed by atoms with Gasteiger partial charge in [-0.05, 0) is 42.3 Å². The first-order chi connectivity index (χ1) is 10.2. The number of pyridine rings is 1. The molecule has 2 aromatic heterocycles. The molecular weight excluding hydrogens is 278 g/mol. The van der Waals surface area contributed by atoms with Crippen LogP contribution in [-0.2, 0) is 5.75 Å². The summed E-state index contributed by atoms with van der Waals surface area (Å²) in [6.45, 7) is 2.03. The summed E-state index contributed by atoms with van der Waals surface area (Å²) in [5.74, 6) is 0.734. The second kappa shape index (κ2) is 5.55. The molecule has 3 rings (SSSR count). The molecule has 0 radical (unpaired) electrons. The monoisotopic (exact) mass is 293 g/mol. The Morgan fingerprint density at radius 1 is 1.29 bits per heavy atom. The van der Waals surface area contributed by atoms with Crippen molar-refractivity contribution in [2.24, 2.45) is 0 Å². The van der Waals surface area contributed by atoms with Gasteiger partial charge in [-0.15, -0.1) is 11.8 Å². The van der Waals surface area contributed by atoms with Gasteiger partial charge in [0, 0.05) is 28.7 Å². The van der Waals surface area contributed by atoms with Crippen molar-refractivity contribution in [1.82, 2.24) is 4.40 Å². The highest BCUT2D eigenvalue weighted by atomic mass is 32.2. The lowest BCUT2D eigenvalue weighted by atomic mass is 10.2. The van der Waals surface area contributed by atoms with Crippen molar-refractivity contribution in [3.05, 3.63) is 65.5 Å². The quantitative estimate of drug-likeness (QED) is 0.586. The summed E-state index contributed by atoms with van der Waals surface area (Å²) in [7, 11) is 0. The largest absolute Gasteiger partial charge is 0.398 e. The second-order valence-corrected chi connectivity index (χ2v) is 5.98. The number of fused-ring (bicyclic) bond motifs is 1. The van der Waals surface area contributed by atoms with Crippen LogP contribution in [0.1, 0.15) is 16.7 Å². The average molecular weight is 293 g/mol. The van der Waals surface area contributed by atoms with Crippen LogP contribution in [0.4, 0.5) is 5.69 Å². The van der Waals surface area contributed by atoms with Crippen LogP contribution in [0.25, 0.3) is 5.52 Å². The zero-order chi connectivity index (χ0) is 14.8. The zero-order valence-electron chi connectivity index (χ0n) is 11.7. The van der Waals surface area contributed by atoms with E-state index >= 15 is 0 Å². The van der Waals surface area contributed by atoms with E-state index in [4.69, 9.17) is 5.73 Å². The molecule has 3 nitrogen and oxygen atoms in total. The molecule has 0 aliphatic heterocycles. The number of hydrogen-bond donors (Lipinski definition) is 1. The number of aryl methyl sites for hydroxylation is 1. The topological polar surface area (TPSA) is 54.2 Å². The van der Waals surface area contributed by atoms with E-state index in [2.05, 4.69) is 12.1 Å². The molecule has 0 amide bonds. The van der Waals surface area contributed by atoms with Crippen LogP contribution in [0.5, 0.6) is 0 Å². The fraction of sp³-hybridized carbons (Fsp3) is 0.118. The lowest BCUT2D eigenvalue weighted by molar-refractivity contribution is 1.18. The van der Waals surface area contributed by atoms with Crippen LogP contribution in [0, 0.1) is 18.3 Å².